The molecule has 0 fully saturated rings. The Kier molecular flexibility index (Phi) is 13.7. The summed E-state index contributed by atoms with van der Waals surface area (Å²) in [6.45, 7) is 4.10. The molecule has 1 aromatic heterocycles. The molecule has 3 N–H and O–H groups in total. The number of carbonyl (C=O) groups is 4. The van der Waals surface area contributed by atoms with E-state index in [1.54, 1.807) is 25.1 Å². The number of fused-ring (bicyclic) bond motifs is 4. The molecule has 13 heteroatoms. The normalized spacial score (nSPS) is 22.3. The number of hydrogen-bond donors (Lipinski definition) is 3. The minimum absolute atomic E-state index is 0.0824. The third-order valence-electron chi connectivity index (χ3n) is 7.54. The molecular weight excluding hydrogens is 645 g/mol. The van der Waals surface area contributed by atoms with Gasteiger partial charge in [-0.1, -0.05) is 62.6 Å². The number of aliphatic imine (C=N–C) groups is 1. The summed E-state index contributed by atoms with van der Waals surface area (Å²) in [4.78, 5) is 61.7. The van der Waals surface area contributed by atoms with Gasteiger partial charge in [0, 0.05) is 29.7 Å². The van der Waals surface area contributed by atoms with Crippen LogP contribution < -0.4 is 10.6 Å². The van der Waals surface area contributed by atoms with Crippen LogP contribution in [0.25, 0.3) is 0 Å². The van der Waals surface area contributed by atoms with Crippen LogP contribution in [0.1, 0.15) is 81.5 Å². The maximum absolute atomic E-state index is 13.6. The zero-order chi connectivity index (χ0) is 32.9. The third-order valence-corrected chi connectivity index (χ3v) is 10.6. The number of aromatic hydroxyl groups is 1. The van der Waals surface area contributed by atoms with Crippen molar-refractivity contribution in [3.63, 3.8) is 0 Å². The van der Waals surface area contributed by atoms with Crippen LogP contribution in [0.5, 0.6) is 5.75 Å². The fourth-order valence-corrected chi connectivity index (χ4v) is 7.55. The number of rotatable bonds is 12. The Hall–Kier alpha value is -3.16. The number of thiazole rings is 1. The number of amides is 2. The van der Waals surface area contributed by atoms with Crippen molar-refractivity contribution in [3.05, 3.63) is 58.1 Å². The van der Waals surface area contributed by atoms with Crippen molar-refractivity contribution in [2.24, 2.45) is 4.99 Å². The largest absolute Gasteiger partial charge is 0.508 e. The van der Waals surface area contributed by atoms with E-state index >= 15 is 0 Å². The molecular formula is C33H42N4O6S3. The highest BCUT2D eigenvalue weighted by Gasteiger charge is 2.41. The summed E-state index contributed by atoms with van der Waals surface area (Å²) < 4.78 is 5.85. The number of nitrogens with one attached hydrogen (secondary N) is 2. The zero-order valence-corrected chi connectivity index (χ0v) is 28.7. The second kappa shape index (κ2) is 17.7. The van der Waals surface area contributed by atoms with Gasteiger partial charge in [0.15, 0.2) is 5.12 Å². The number of cyclic esters (lactones) is 1. The molecule has 0 aliphatic carbocycles. The number of esters is 1. The molecule has 248 valence electrons. The van der Waals surface area contributed by atoms with Crippen molar-refractivity contribution in [1.82, 2.24) is 15.6 Å². The molecule has 0 unspecified atom stereocenters. The van der Waals surface area contributed by atoms with Crippen LogP contribution in [0, 0.1) is 0 Å². The fraction of sp³-hybridized carbons (Fsp3) is 0.515. The van der Waals surface area contributed by atoms with Crippen LogP contribution >= 0.6 is 34.9 Å². The summed E-state index contributed by atoms with van der Waals surface area (Å²) in [7, 11) is 0. The Morgan fingerprint density at radius 1 is 1.17 bits per heavy atom. The summed E-state index contributed by atoms with van der Waals surface area (Å²) in [5.74, 6) is -0.386. The highest BCUT2D eigenvalue weighted by atomic mass is 32.2. The lowest BCUT2D eigenvalue weighted by Gasteiger charge is -2.25. The molecule has 3 heterocycles. The Balaban J connectivity index is 1.47. The maximum atomic E-state index is 13.6. The zero-order valence-electron chi connectivity index (χ0n) is 26.3. The Morgan fingerprint density at radius 3 is 2.74 bits per heavy atom. The lowest BCUT2D eigenvalue weighted by atomic mass is 10.0. The van der Waals surface area contributed by atoms with Crippen molar-refractivity contribution in [3.8, 4) is 5.75 Å². The molecule has 4 bridgehead atoms. The number of benzene rings is 1. The van der Waals surface area contributed by atoms with Crippen molar-refractivity contribution in [2.45, 2.75) is 95.9 Å². The highest BCUT2D eigenvalue weighted by Crippen LogP contribution is 2.32. The minimum atomic E-state index is -1.12. The lowest BCUT2D eigenvalue weighted by Crippen LogP contribution is -2.52. The molecule has 10 nitrogen and oxygen atoms in total. The number of ether oxygens (including phenoxy) is 1. The fourth-order valence-electron chi connectivity index (χ4n) is 4.85. The summed E-state index contributed by atoms with van der Waals surface area (Å²) in [6.07, 6.45) is 9.21. The molecule has 4 rings (SSSR count). The van der Waals surface area contributed by atoms with E-state index in [1.165, 1.54) is 59.8 Å². The van der Waals surface area contributed by atoms with E-state index in [0.29, 0.717) is 45.7 Å². The molecule has 0 spiro atoms. The smallest absolute Gasteiger partial charge is 0.329 e. The van der Waals surface area contributed by atoms with Gasteiger partial charge in [-0.2, -0.15) is 0 Å². The van der Waals surface area contributed by atoms with Crippen LogP contribution in [0.4, 0.5) is 0 Å². The first kappa shape index (κ1) is 35.7. The van der Waals surface area contributed by atoms with Crippen LogP contribution in [-0.4, -0.2) is 67.2 Å². The quantitative estimate of drug-likeness (QED) is 0.153. The van der Waals surface area contributed by atoms with Gasteiger partial charge in [-0.15, -0.1) is 23.1 Å². The van der Waals surface area contributed by atoms with Crippen molar-refractivity contribution >= 4 is 62.8 Å². The SMILES string of the molecule is CCCCCCCC(=O)SCC/C=C\[C@@H]1CC(=O)NCc2nc(cs2)C2=N[C@@](C)(CS2)C(=O)N[C@@H](Cc2ccc(O)cc2)C(=O)O1. The van der Waals surface area contributed by atoms with E-state index in [-0.39, 0.29) is 36.2 Å². The van der Waals surface area contributed by atoms with Gasteiger partial charge in [-0.3, -0.25) is 19.4 Å². The number of thioether (sulfide) groups is 2. The average Bonchev–Trinajstić information content (AvgIpc) is 3.67. The van der Waals surface area contributed by atoms with E-state index in [2.05, 4.69) is 27.5 Å². The van der Waals surface area contributed by atoms with E-state index in [4.69, 9.17) is 4.74 Å². The summed E-state index contributed by atoms with van der Waals surface area (Å²) in [6, 6.07) is 5.30. The summed E-state index contributed by atoms with van der Waals surface area (Å²) in [5, 5.41) is 18.8. The Bertz CT molecular complexity index is 1430. The number of carbonyl (C=O) groups excluding carboxylic acids is 4. The van der Waals surface area contributed by atoms with E-state index < -0.39 is 29.6 Å². The van der Waals surface area contributed by atoms with Crippen LogP contribution in [0.3, 0.4) is 0 Å². The lowest BCUT2D eigenvalue weighted by molar-refractivity contribution is -0.152. The van der Waals surface area contributed by atoms with Gasteiger partial charge in [-0.05, 0) is 43.5 Å². The number of aromatic nitrogens is 1. The summed E-state index contributed by atoms with van der Waals surface area (Å²) in [5.41, 5.74) is 0.236. The molecule has 2 aromatic rings. The number of allylic oxidation sites excluding steroid dienone is 1. The van der Waals surface area contributed by atoms with Crippen LogP contribution in [0.15, 0.2) is 46.8 Å². The summed E-state index contributed by atoms with van der Waals surface area (Å²) >= 11 is 4.11. The van der Waals surface area contributed by atoms with E-state index in [0.717, 1.165) is 19.3 Å². The second-order valence-electron chi connectivity index (χ2n) is 11.6. The number of phenols is 1. The number of unbranched alkanes of at least 4 members (excludes halogenated alkanes) is 4. The van der Waals surface area contributed by atoms with Crippen molar-refractivity contribution in [1.29, 1.82) is 0 Å². The van der Waals surface area contributed by atoms with Gasteiger partial charge in [-0.25, -0.2) is 9.78 Å². The molecule has 2 aliphatic rings. The van der Waals surface area contributed by atoms with Crippen molar-refractivity contribution in [2.75, 3.05) is 11.5 Å². The van der Waals surface area contributed by atoms with Gasteiger partial charge in [0.2, 0.25) is 11.8 Å². The minimum Gasteiger partial charge on any atom is -0.508 e. The molecule has 2 aliphatic heterocycles. The standard InChI is InChI=1S/C33H42N4O6S3/c1-3-4-5-6-7-11-29(40)44-16-9-8-10-24-18-27(39)34-19-28-35-26(20-45-28)30-37-33(2,21-46-30)32(42)36-25(31(41)43-24)17-22-12-14-23(38)15-13-22/h8,10,12-15,20,24-25,38H,3-7,9,11,16-19,21H2,1-2H3,(H,34,39)(H,36,42)/b10-8-/t24-,25+,33+/m1/s1. The first-order valence-corrected chi connectivity index (χ1v) is 18.6. The number of phenolic OH excluding ortho intramolecular Hbond substituents is 1. The molecule has 2 amide bonds. The van der Waals surface area contributed by atoms with Gasteiger partial charge in [0.1, 0.15) is 39.2 Å². The van der Waals surface area contributed by atoms with E-state index in [9.17, 15) is 24.3 Å². The molecule has 0 radical (unpaired) electrons. The van der Waals surface area contributed by atoms with Crippen molar-refractivity contribution < 1.29 is 29.0 Å². The molecule has 0 saturated heterocycles. The second-order valence-corrected chi connectivity index (χ2v) is 14.6. The van der Waals surface area contributed by atoms with Gasteiger partial charge in [0.25, 0.3) is 0 Å². The topological polar surface area (TPSA) is 147 Å². The predicted octanol–water partition coefficient (Wildman–Crippen LogP) is 5.33. The van der Waals surface area contributed by atoms with Gasteiger partial charge in [0.05, 0.1) is 13.0 Å². The molecule has 3 atom stereocenters. The Morgan fingerprint density at radius 2 is 1.96 bits per heavy atom. The average molecular weight is 687 g/mol. The Labute approximate surface area is 282 Å². The van der Waals surface area contributed by atoms with Gasteiger partial charge >= 0.3 is 5.97 Å². The monoisotopic (exact) mass is 686 g/mol. The third kappa shape index (κ3) is 11.0. The van der Waals surface area contributed by atoms with E-state index in [1.807, 2.05) is 11.5 Å². The maximum Gasteiger partial charge on any atom is 0.329 e. The number of hydrogen-bond acceptors (Lipinski definition) is 11. The first-order valence-electron chi connectivity index (χ1n) is 15.7. The van der Waals surface area contributed by atoms with Crippen LogP contribution in [-0.2, 0) is 36.9 Å². The van der Waals surface area contributed by atoms with Gasteiger partial charge < -0.3 is 20.5 Å². The predicted molar refractivity (Wildman–Crippen MR) is 184 cm³/mol. The first-order chi connectivity index (χ1) is 22.1. The van der Waals surface area contributed by atoms with Crippen LogP contribution in [0.2, 0.25) is 0 Å². The highest BCUT2D eigenvalue weighted by molar-refractivity contribution is 8.14. The molecule has 46 heavy (non-hydrogen) atoms. The molecule has 0 saturated carbocycles. The number of nitrogens with zero attached hydrogens (tertiary/aromatic N) is 2. The molecule has 1 aromatic carbocycles.